The molecule has 0 spiro atoms. The maximum atomic E-state index is 11.3. The molecule has 72 valence electrons. The molecule has 0 heterocycles. The molecule has 1 heteroatoms. The largest absolute Gasteiger partial charge is 0.295 e. The lowest BCUT2D eigenvalue weighted by Gasteiger charge is -2.23. The summed E-state index contributed by atoms with van der Waals surface area (Å²) in [5.74, 6) is 0.265. The molecule has 0 aromatic carbocycles. The Balaban J connectivity index is 2.51. The Bertz CT molecular complexity index is 240. The standard InChI is InChI=1S/C12H18O/c1-4-5-6-8-12(3)9-7-11(13)10(12)2/h4H,1-2,5-9H2,3H3/t12-/m0/s1. The van der Waals surface area contributed by atoms with Gasteiger partial charge in [-0.25, -0.2) is 0 Å². The molecule has 0 radical (unpaired) electrons. The van der Waals surface area contributed by atoms with Crippen LogP contribution < -0.4 is 0 Å². The average Bonchev–Trinajstić information content (AvgIpc) is 2.35. The second-order valence-corrected chi connectivity index (χ2v) is 4.14. The highest BCUT2D eigenvalue weighted by molar-refractivity contribution is 5.98. The van der Waals surface area contributed by atoms with Crippen molar-refractivity contribution in [1.29, 1.82) is 0 Å². The summed E-state index contributed by atoms with van der Waals surface area (Å²) >= 11 is 0. The van der Waals surface area contributed by atoms with Gasteiger partial charge in [0.2, 0.25) is 0 Å². The van der Waals surface area contributed by atoms with Crippen molar-refractivity contribution >= 4 is 5.78 Å². The molecule has 13 heavy (non-hydrogen) atoms. The second-order valence-electron chi connectivity index (χ2n) is 4.14. The smallest absolute Gasteiger partial charge is 0.158 e. The summed E-state index contributed by atoms with van der Waals surface area (Å²) in [7, 11) is 0. The van der Waals surface area contributed by atoms with Gasteiger partial charge in [-0.05, 0) is 36.7 Å². The van der Waals surface area contributed by atoms with Gasteiger partial charge >= 0.3 is 0 Å². The Hall–Kier alpha value is -0.850. The van der Waals surface area contributed by atoms with E-state index in [4.69, 9.17) is 0 Å². The molecule has 1 rings (SSSR count). The van der Waals surface area contributed by atoms with Crippen molar-refractivity contribution < 1.29 is 4.79 Å². The third kappa shape index (κ3) is 2.09. The van der Waals surface area contributed by atoms with Crippen LogP contribution in [0.15, 0.2) is 24.8 Å². The molecule has 1 atom stereocenters. The maximum Gasteiger partial charge on any atom is 0.158 e. The van der Waals surface area contributed by atoms with Crippen LogP contribution in [0.25, 0.3) is 0 Å². The van der Waals surface area contributed by atoms with Crippen molar-refractivity contribution in [3.05, 3.63) is 24.8 Å². The number of unbranched alkanes of at least 4 members (excludes halogenated alkanes) is 1. The molecule has 0 aromatic heterocycles. The quantitative estimate of drug-likeness (QED) is 0.367. The molecule has 0 aliphatic heterocycles. The highest BCUT2D eigenvalue weighted by Gasteiger charge is 2.37. The van der Waals surface area contributed by atoms with Gasteiger partial charge in [-0.1, -0.05) is 19.6 Å². The van der Waals surface area contributed by atoms with Crippen LogP contribution in [0.1, 0.15) is 39.0 Å². The van der Waals surface area contributed by atoms with E-state index in [9.17, 15) is 4.79 Å². The van der Waals surface area contributed by atoms with E-state index in [1.54, 1.807) is 0 Å². The highest BCUT2D eigenvalue weighted by atomic mass is 16.1. The van der Waals surface area contributed by atoms with Gasteiger partial charge in [-0.3, -0.25) is 4.79 Å². The Morgan fingerprint density at radius 1 is 1.62 bits per heavy atom. The van der Waals surface area contributed by atoms with E-state index in [2.05, 4.69) is 20.1 Å². The van der Waals surface area contributed by atoms with E-state index in [1.165, 1.54) is 0 Å². The fourth-order valence-electron chi connectivity index (χ4n) is 1.94. The Kier molecular flexibility index (Phi) is 3.07. The molecule has 1 saturated carbocycles. The average molecular weight is 178 g/mol. The van der Waals surface area contributed by atoms with Crippen LogP contribution in [0.2, 0.25) is 0 Å². The van der Waals surface area contributed by atoms with Gasteiger partial charge in [-0.15, -0.1) is 6.58 Å². The Morgan fingerprint density at radius 2 is 2.31 bits per heavy atom. The number of carbonyl (C=O) groups excluding carboxylic acids is 1. The van der Waals surface area contributed by atoms with Crippen molar-refractivity contribution in [2.75, 3.05) is 0 Å². The summed E-state index contributed by atoms with van der Waals surface area (Å²) in [4.78, 5) is 11.3. The summed E-state index contributed by atoms with van der Waals surface area (Å²) < 4.78 is 0. The van der Waals surface area contributed by atoms with Gasteiger partial charge in [0.25, 0.3) is 0 Å². The fourth-order valence-corrected chi connectivity index (χ4v) is 1.94. The first-order valence-electron chi connectivity index (χ1n) is 4.93. The lowest BCUT2D eigenvalue weighted by Crippen LogP contribution is -2.14. The summed E-state index contributed by atoms with van der Waals surface area (Å²) in [6, 6.07) is 0. The minimum Gasteiger partial charge on any atom is -0.295 e. The topological polar surface area (TPSA) is 17.1 Å². The van der Waals surface area contributed by atoms with Gasteiger partial charge in [0.15, 0.2) is 5.78 Å². The van der Waals surface area contributed by atoms with E-state index >= 15 is 0 Å². The molecule has 1 aliphatic rings. The molecular formula is C12H18O. The van der Waals surface area contributed by atoms with E-state index in [-0.39, 0.29) is 11.2 Å². The molecule has 0 N–H and O–H groups in total. The molecule has 0 amide bonds. The third-order valence-corrected chi connectivity index (χ3v) is 3.11. The van der Waals surface area contributed by atoms with E-state index < -0.39 is 0 Å². The van der Waals surface area contributed by atoms with Crippen LogP contribution in [0.4, 0.5) is 0 Å². The first-order chi connectivity index (χ1) is 6.10. The minimum absolute atomic E-state index is 0.0834. The number of rotatable bonds is 4. The first-order valence-corrected chi connectivity index (χ1v) is 4.93. The van der Waals surface area contributed by atoms with Crippen LogP contribution in [-0.4, -0.2) is 5.78 Å². The van der Waals surface area contributed by atoms with E-state index in [0.717, 1.165) is 31.3 Å². The number of hydrogen-bond acceptors (Lipinski definition) is 1. The fraction of sp³-hybridized carbons (Fsp3) is 0.583. The zero-order chi connectivity index (χ0) is 9.90. The van der Waals surface area contributed by atoms with Crippen molar-refractivity contribution in [3.8, 4) is 0 Å². The number of allylic oxidation sites excluding steroid dienone is 2. The van der Waals surface area contributed by atoms with Crippen LogP contribution in [0.3, 0.4) is 0 Å². The van der Waals surface area contributed by atoms with Gasteiger partial charge in [0.1, 0.15) is 0 Å². The summed E-state index contributed by atoms with van der Waals surface area (Å²) in [6.07, 6.45) is 6.85. The van der Waals surface area contributed by atoms with Crippen molar-refractivity contribution in [1.82, 2.24) is 0 Å². The molecule has 0 bridgehead atoms. The zero-order valence-corrected chi connectivity index (χ0v) is 8.44. The number of Topliss-reactive ketones (excluding diaryl/α,β-unsaturated/α-hetero) is 1. The third-order valence-electron chi connectivity index (χ3n) is 3.11. The monoisotopic (exact) mass is 178 g/mol. The zero-order valence-electron chi connectivity index (χ0n) is 8.44. The molecule has 1 fully saturated rings. The molecule has 1 aliphatic carbocycles. The summed E-state index contributed by atoms with van der Waals surface area (Å²) in [6.45, 7) is 9.74. The Morgan fingerprint density at radius 3 is 2.77 bits per heavy atom. The maximum absolute atomic E-state index is 11.3. The van der Waals surface area contributed by atoms with E-state index in [0.29, 0.717) is 6.42 Å². The SMILES string of the molecule is C=CCCC[C@@]1(C)CCC(=O)C1=C. The molecule has 0 unspecified atom stereocenters. The van der Waals surface area contributed by atoms with Gasteiger partial charge in [0, 0.05) is 6.42 Å². The molecule has 1 nitrogen and oxygen atoms in total. The number of hydrogen-bond donors (Lipinski definition) is 0. The first kappa shape index (κ1) is 10.2. The normalized spacial score (nSPS) is 28.1. The lowest BCUT2D eigenvalue weighted by molar-refractivity contribution is -0.114. The Labute approximate surface area is 80.5 Å². The number of ketones is 1. The molecule has 0 aromatic rings. The van der Waals surface area contributed by atoms with Gasteiger partial charge < -0.3 is 0 Å². The summed E-state index contributed by atoms with van der Waals surface area (Å²) in [5.41, 5.74) is 0.927. The van der Waals surface area contributed by atoms with Gasteiger partial charge in [-0.2, -0.15) is 0 Å². The van der Waals surface area contributed by atoms with E-state index in [1.807, 2.05) is 6.08 Å². The van der Waals surface area contributed by atoms with Crippen LogP contribution in [-0.2, 0) is 4.79 Å². The number of carbonyl (C=O) groups is 1. The minimum atomic E-state index is 0.0834. The predicted octanol–water partition coefficient (Wildman–Crippen LogP) is 3.27. The van der Waals surface area contributed by atoms with Crippen molar-refractivity contribution in [2.45, 2.75) is 39.0 Å². The van der Waals surface area contributed by atoms with Crippen molar-refractivity contribution in [2.24, 2.45) is 5.41 Å². The molecular weight excluding hydrogens is 160 g/mol. The second kappa shape index (κ2) is 3.91. The van der Waals surface area contributed by atoms with Gasteiger partial charge in [0.05, 0.1) is 0 Å². The van der Waals surface area contributed by atoms with Crippen LogP contribution >= 0.6 is 0 Å². The van der Waals surface area contributed by atoms with Crippen LogP contribution in [0.5, 0.6) is 0 Å². The highest BCUT2D eigenvalue weighted by Crippen LogP contribution is 2.43. The summed E-state index contributed by atoms with van der Waals surface area (Å²) in [5, 5.41) is 0. The predicted molar refractivity (Wildman–Crippen MR) is 55.5 cm³/mol. The lowest BCUT2D eigenvalue weighted by atomic mass is 9.80. The van der Waals surface area contributed by atoms with Crippen molar-refractivity contribution in [3.63, 3.8) is 0 Å². The molecule has 0 saturated heterocycles. The van der Waals surface area contributed by atoms with Crippen LogP contribution in [0, 0.1) is 5.41 Å².